The SMILES string of the molecule is COc1nc(NN)nc(Oc2cccnc2)n1. The third-order valence-electron chi connectivity index (χ3n) is 1.75. The van der Waals surface area contributed by atoms with Crippen molar-refractivity contribution >= 4 is 5.95 Å². The van der Waals surface area contributed by atoms with Crippen molar-refractivity contribution in [2.24, 2.45) is 5.84 Å². The smallest absolute Gasteiger partial charge is 0.330 e. The average molecular weight is 234 g/mol. The van der Waals surface area contributed by atoms with Gasteiger partial charge >= 0.3 is 12.0 Å². The second kappa shape index (κ2) is 5.03. The summed E-state index contributed by atoms with van der Waals surface area (Å²) < 4.78 is 10.2. The molecule has 8 nitrogen and oxygen atoms in total. The number of hydrazine groups is 1. The van der Waals surface area contributed by atoms with E-state index in [2.05, 4.69) is 25.4 Å². The van der Waals surface area contributed by atoms with E-state index in [4.69, 9.17) is 15.3 Å². The van der Waals surface area contributed by atoms with Crippen LogP contribution in [0.1, 0.15) is 0 Å². The highest BCUT2D eigenvalue weighted by Gasteiger charge is 2.07. The monoisotopic (exact) mass is 234 g/mol. The molecular weight excluding hydrogens is 224 g/mol. The Labute approximate surface area is 96.8 Å². The van der Waals surface area contributed by atoms with Crippen LogP contribution in [0.3, 0.4) is 0 Å². The summed E-state index contributed by atoms with van der Waals surface area (Å²) in [7, 11) is 1.43. The van der Waals surface area contributed by atoms with Gasteiger partial charge in [0, 0.05) is 6.20 Å². The number of nitrogens with two attached hydrogens (primary N) is 1. The number of pyridine rings is 1. The Morgan fingerprint density at radius 2 is 2.06 bits per heavy atom. The molecule has 0 saturated heterocycles. The molecule has 0 aliphatic carbocycles. The van der Waals surface area contributed by atoms with Crippen molar-refractivity contribution in [3.8, 4) is 17.8 Å². The van der Waals surface area contributed by atoms with E-state index in [0.29, 0.717) is 5.75 Å². The number of rotatable bonds is 4. The first-order chi connectivity index (χ1) is 8.31. The zero-order valence-corrected chi connectivity index (χ0v) is 8.99. The molecule has 17 heavy (non-hydrogen) atoms. The van der Waals surface area contributed by atoms with E-state index in [0.717, 1.165) is 0 Å². The molecule has 0 bridgehead atoms. The zero-order valence-electron chi connectivity index (χ0n) is 8.99. The van der Waals surface area contributed by atoms with Crippen LogP contribution in [0.25, 0.3) is 0 Å². The Morgan fingerprint density at radius 3 is 2.71 bits per heavy atom. The maximum Gasteiger partial charge on any atom is 0.330 e. The molecule has 0 atom stereocenters. The number of nitrogen functional groups attached to an aromatic ring is 1. The Kier molecular flexibility index (Phi) is 3.26. The van der Waals surface area contributed by atoms with Gasteiger partial charge in [-0.25, -0.2) is 5.84 Å². The fourth-order valence-corrected chi connectivity index (χ4v) is 1.05. The van der Waals surface area contributed by atoms with Crippen LogP contribution in [0.5, 0.6) is 17.8 Å². The highest BCUT2D eigenvalue weighted by molar-refractivity contribution is 5.27. The van der Waals surface area contributed by atoms with E-state index in [1.165, 1.54) is 13.3 Å². The van der Waals surface area contributed by atoms with Crippen LogP contribution in [0.2, 0.25) is 0 Å². The minimum Gasteiger partial charge on any atom is -0.467 e. The molecule has 8 heteroatoms. The quantitative estimate of drug-likeness (QED) is 0.576. The molecule has 0 aliphatic heterocycles. The summed E-state index contributed by atoms with van der Waals surface area (Å²) in [4.78, 5) is 15.5. The van der Waals surface area contributed by atoms with Gasteiger partial charge in [-0.15, -0.1) is 4.98 Å². The molecule has 0 aromatic carbocycles. The summed E-state index contributed by atoms with van der Waals surface area (Å²) in [5.74, 6) is 5.86. The van der Waals surface area contributed by atoms with E-state index in [9.17, 15) is 0 Å². The van der Waals surface area contributed by atoms with Gasteiger partial charge in [-0.3, -0.25) is 10.4 Å². The van der Waals surface area contributed by atoms with E-state index in [-0.39, 0.29) is 18.0 Å². The van der Waals surface area contributed by atoms with E-state index >= 15 is 0 Å². The van der Waals surface area contributed by atoms with Crippen molar-refractivity contribution in [2.75, 3.05) is 12.5 Å². The van der Waals surface area contributed by atoms with Gasteiger partial charge in [0.15, 0.2) is 0 Å². The molecule has 0 spiro atoms. The second-order valence-electron chi connectivity index (χ2n) is 2.86. The lowest BCUT2D eigenvalue weighted by Crippen LogP contribution is -2.12. The number of hydrogen-bond donors (Lipinski definition) is 2. The number of anilines is 1. The van der Waals surface area contributed by atoms with Gasteiger partial charge in [0.05, 0.1) is 13.3 Å². The van der Waals surface area contributed by atoms with Crippen molar-refractivity contribution in [3.63, 3.8) is 0 Å². The van der Waals surface area contributed by atoms with Crippen LogP contribution in [0.4, 0.5) is 5.95 Å². The predicted octanol–water partition coefficient (Wildman–Crippen LogP) is 0.353. The lowest BCUT2D eigenvalue weighted by molar-refractivity contribution is 0.360. The van der Waals surface area contributed by atoms with Crippen LogP contribution >= 0.6 is 0 Å². The molecule has 0 fully saturated rings. The standard InChI is InChI=1S/C9H10N6O2/c1-16-8-12-7(15-10)13-9(14-8)17-6-3-2-4-11-5-6/h2-5H,10H2,1H3,(H,12,13,14,15). The van der Waals surface area contributed by atoms with Gasteiger partial charge in [0.1, 0.15) is 5.75 Å². The van der Waals surface area contributed by atoms with Crippen LogP contribution in [-0.2, 0) is 0 Å². The average Bonchev–Trinajstić information content (AvgIpc) is 2.39. The highest BCUT2D eigenvalue weighted by Crippen LogP contribution is 2.18. The van der Waals surface area contributed by atoms with Crippen molar-refractivity contribution in [3.05, 3.63) is 24.5 Å². The normalized spacial score (nSPS) is 9.76. The number of aromatic nitrogens is 4. The largest absolute Gasteiger partial charge is 0.467 e. The molecule has 2 heterocycles. The van der Waals surface area contributed by atoms with E-state index < -0.39 is 0 Å². The first-order valence-corrected chi connectivity index (χ1v) is 4.66. The third kappa shape index (κ3) is 2.75. The van der Waals surface area contributed by atoms with Crippen LogP contribution in [0, 0.1) is 0 Å². The fraction of sp³-hybridized carbons (Fsp3) is 0.111. The molecule has 0 saturated carbocycles. The minimum absolute atomic E-state index is 0.0674. The van der Waals surface area contributed by atoms with Gasteiger partial charge in [-0.2, -0.15) is 9.97 Å². The fourth-order valence-electron chi connectivity index (χ4n) is 1.05. The van der Waals surface area contributed by atoms with Gasteiger partial charge in [-0.1, -0.05) is 0 Å². The molecule has 3 N–H and O–H groups in total. The van der Waals surface area contributed by atoms with Crippen molar-refractivity contribution in [1.82, 2.24) is 19.9 Å². The van der Waals surface area contributed by atoms with Crippen molar-refractivity contribution in [2.45, 2.75) is 0 Å². The first-order valence-electron chi connectivity index (χ1n) is 4.66. The Morgan fingerprint density at radius 1 is 1.24 bits per heavy atom. The summed E-state index contributed by atoms with van der Waals surface area (Å²) in [5.41, 5.74) is 2.29. The minimum atomic E-state index is 0.0674. The van der Waals surface area contributed by atoms with E-state index in [1.54, 1.807) is 18.3 Å². The molecular formula is C9H10N6O2. The lowest BCUT2D eigenvalue weighted by Gasteiger charge is -2.06. The van der Waals surface area contributed by atoms with Crippen LogP contribution in [0.15, 0.2) is 24.5 Å². The van der Waals surface area contributed by atoms with E-state index in [1.807, 2.05) is 0 Å². The number of nitrogens with one attached hydrogen (secondary N) is 1. The molecule has 0 radical (unpaired) electrons. The van der Waals surface area contributed by atoms with Gasteiger partial charge < -0.3 is 9.47 Å². The molecule has 88 valence electrons. The summed E-state index contributed by atoms with van der Waals surface area (Å²) >= 11 is 0. The maximum atomic E-state index is 5.36. The predicted molar refractivity (Wildman–Crippen MR) is 58.5 cm³/mol. The molecule has 0 unspecified atom stereocenters. The number of hydrogen-bond acceptors (Lipinski definition) is 8. The van der Waals surface area contributed by atoms with Crippen LogP contribution < -0.4 is 20.7 Å². The molecule has 0 amide bonds. The first kappa shape index (κ1) is 11.0. The Balaban J connectivity index is 2.26. The van der Waals surface area contributed by atoms with Crippen LogP contribution in [-0.4, -0.2) is 27.0 Å². The topological polar surface area (TPSA) is 108 Å². The molecule has 2 rings (SSSR count). The van der Waals surface area contributed by atoms with Crippen molar-refractivity contribution < 1.29 is 9.47 Å². The highest BCUT2D eigenvalue weighted by atomic mass is 16.5. The van der Waals surface area contributed by atoms with Crippen molar-refractivity contribution in [1.29, 1.82) is 0 Å². The maximum absolute atomic E-state index is 5.36. The molecule has 2 aromatic rings. The number of methoxy groups -OCH3 is 1. The summed E-state index contributed by atoms with van der Waals surface area (Å²) in [5, 5.41) is 0. The summed E-state index contributed by atoms with van der Waals surface area (Å²) in [6.45, 7) is 0. The van der Waals surface area contributed by atoms with Gasteiger partial charge in [-0.05, 0) is 12.1 Å². The number of ether oxygens (including phenoxy) is 2. The Hall–Kier alpha value is -2.48. The number of nitrogens with zero attached hydrogens (tertiary/aromatic N) is 4. The van der Waals surface area contributed by atoms with Gasteiger partial charge in [0.25, 0.3) is 0 Å². The Bertz CT molecular complexity index is 470. The lowest BCUT2D eigenvalue weighted by atomic mass is 10.5. The summed E-state index contributed by atoms with van der Waals surface area (Å²) in [6.07, 6.45) is 3.17. The third-order valence-corrected chi connectivity index (χ3v) is 1.75. The summed E-state index contributed by atoms with van der Waals surface area (Å²) in [6, 6.07) is 3.62. The second-order valence-corrected chi connectivity index (χ2v) is 2.86. The zero-order chi connectivity index (χ0) is 12.1. The molecule has 2 aromatic heterocycles. The molecule has 0 aliphatic rings. The van der Waals surface area contributed by atoms with Gasteiger partial charge in [0.2, 0.25) is 5.95 Å².